The largest absolute Gasteiger partial charge is 0.481 e. The van der Waals surface area contributed by atoms with E-state index in [1.807, 2.05) is 19.9 Å². The molecule has 2 aromatic heterocycles. The zero-order valence-electron chi connectivity index (χ0n) is 15.6. The molecule has 2 aliphatic heterocycles. The van der Waals surface area contributed by atoms with Crippen molar-refractivity contribution < 1.29 is 14.3 Å². The van der Waals surface area contributed by atoms with Gasteiger partial charge in [-0.2, -0.15) is 5.10 Å². The number of pyridine rings is 1. The van der Waals surface area contributed by atoms with E-state index in [4.69, 9.17) is 9.47 Å². The number of hydrogen-bond acceptors (Lipinski definition) is 6. The normalized spacial score (nSPS) is 30.0. The Morgan fingerprint density at radius 1 is 1.33 bits per heavy atom. The van der Waals surface area contributed by atoms with E-state index in [1.54, 1.807) is 23.9 Å². The molecule has 4 heterocycles. The summed E-state index contributed by atoms with van der Waals surface area (Å²) < 4.78 is 13.8. The van der Waals surface area contributed by atoms with Gasteiger partial charge in [0.15, 0.2) is 0 Å². The Labute approximate surface area is 156 Å². The lowest BCUT2D eigenvalue weighted by atomic mass is 9.79. The molecule has 0 N–H and O–H groups in total. The summed E-state index contributed by atoms with van der Waals surface area (Å²) >= 11 is 0. The minimum Gasteiger partial charge on any atom is -0.481 e. The molecule has 3 aliphatic rings. The van der Waals surface area contributed by atoms with Crippen LogP contribution in [0.25, 0.3) is 0 Å². The number of rotatable bonds is 3. The average Bonchev–Trinajstić information content (AvgIpc) is 3.29. The molecule has 1 saturated heterocycles. The minimum atomic E-state index is -0.547. The molecule has 27 heavy (non-hydrogen) atoms. The van der Waals surface area contributed by atoms with Crippen LogP contribution >= 0.6 is 0 Å². The van der Waals surface area contributed by atoms with Gasteiger partial charge in [0.1, 0.15) is 17.5 Å². The standard InChI is InChI=1S/C19H22N4O4/c1-18(2)12-8-19(12)7-6-13-21-22(10-11-4-5-14(26-3)20-9-11)17(25)23(13)15(19)16(24)27-18/h4-5,9,12,15H,6-8,10H2,1-3H3/t12?,15-,19?/m1/s1. The number of nitrogens with zero attached hydrogens (tertiary/aromatic N) is 4. The first-order chi connectivity index (χ1) is 12.9. The van der Waals surface area contributed by atoms with Crippen molar-refractivity contribution in [3.8, 4) is 5.88 Å². The fourth-order valence-corrected chi connectivity index (χ4v) is 5.10. The fourth-order valence-electron chi connectivity index (χ4n) is 5.10. The molecule has 0 amide bonds. The highest BCUT2D eigenvalue weighted by Gasteiger charge is 2.72. The van der Waals surface area contributed by atoms with Gasteiger partial charge in [-0.1, -0.05) is 6.07 Å². The lowest BCUT2D eigenvalue weighted by Crippen LogP contribution is -2.50. The maximum atomic E-state index is 13.1. The molecule has 1 aliphatic carbocycles. The SMILES string of the molecule is COc1ccc(Cn2nc3n(c2=O)[C@@H]2C(=O)OC(C)(C)C4CC42CC3)cn1. The molecule has 8 heteroatoms. The Bertz CT molecular complexity index is 990. The summed E-state index contributed by atoms with van der Waals surface area (Å²) in [5.74, 6) is 1.19. The van der Waals surface area contributed by atoms with E-state index in [-0.39, 0.29) is 17.1 Å². The zero-order valence-corrected chi connectivity index (χ0v) is 15.6. The van der Waals surface area contributed by atoms with Crippen LogP contribution in [0.4, 0.5) is 0 Å². The monoisotopic (exact) mass is 370 g/mol. The minimum absolute atomic E-state index is 0.148. The second-order valence-electron chi connectivity index (χ2n) is 8.35. The molecule has 0 bridgehead atoms. The summed E-state index contributed by atoms with van der Waals surface area (Å²) in [5.41, 5.74) is -0.0168. The second-order valence-corrected chi connectivity index (χ2v) is 8.35. The molecule has 1 spiro atoms. The Kier molecular flexibility index (Phi) is 3.19. The van der Waals surface area contributed by atoms with E-state index in [1.165, 1.54) is 4.68 Å². The van der Waals surface area contributed by atoms with Crippen LogP contribution in [0, 0.1) is 11.3 Å². The van der Waals surface area contributed by atoms with E-state index in [2.05, 4.69) is 10.1 Å². The predicted octanol–water partition coefficient (Wildman–Crippen LogP) is 1.33. The number of hydrogen-bond donors (Lipinski definition) is 0. The summed E-state index contributed by atoms with van der Waals surface area (Å²) in [7, 11) is 1.56. The summed E-state index contributed by atoms with van der Waals surface area (Å²) in [4.78, 5) is 30.0. The lowest BCUT2D eigenvalue weighted by Gasteiger charge is -2.41. The number of cyclic esters (lactones) is 1. The van der Waals surface area contributed by atoms with Crippen molar-refractivity contribution in [3.05, 3.63) is 40.2 Å². The number of fused-ring (bicyclic) bond motifs is 2. The van der Waals surface area contributed by atoms with Gasteiger partial charge in [0.25, 0.3) is 0 Å². The number of methoxy groups -OCH3 is 1. The van der Waals surface area contributed by atoms with Gasteiger partial charge in [-0.15, -0.1) is 0 Å². The Morgan fingerprint density at radius 2 is 2.15 bits per heavy atom. The van der Waals surface area contributed by atoms with Crippen LogP contribution in [0.2, 0.25) is 0 Å². The first-order valence-corrected chi connectivity index (χ1v) is 9.26. The Morgan fingerprint density at radius 3 is 2.85 bits per heavy atom. The summed E-state index contributed by atoms with van der Waals surface area (Å²) in [6.45, 7) is 4.25. The van der Waals surface area contributed by atoms with Gasteiger partial charge in [0.2, 0.25) is 5.88 Å². The van der Waals surface area contributed by atoms with Crippen LogP contribution in [0.1, 0.15) is 44.1 Å². The molecular formula is C19H22N4O4. The van der Waals surface area contributed by atoms with Gasteiger partial charge in [-0.05, 0) is 32.3 Å². The maximum absolute atomic E-state index is 13.1. The topological polar surface area (TPSA) is 88.2 Å². The first-order valence-electron chi connectivity index (χ1n) is 9.26. The van der Waals surface area contributed by atoms with E-state index < -0.39 is 11.6 Å². The number of carbonyl (C=O) groups excluding carboxylic acids is 1. The summed E-state index contributed by atoms with van der Waals surface area (Å²) in [6.07, 6.45) is 4.18. The fraction of sp³-hybridized carbons (Fsp3) is 0.579. The van der Waals surface area contributed by atoms with E-state index in [0.717, 1.165) is 18.4 Å². The highest BCUT2D eigenvalue weighted by molar-refractivity contribution is 5.78. The van der Waals surface area contributed by atoms with Crippen LogP contribution in [-0.4, -0.2) is 38.0 Å². The number of aryl methyl sites for hydroxylation is 1. The van der Waals surface area contributed by atoms with E-state index >= 15 is 0 Å². The third kappa shape index (κ3) is 2.22. The van der Waals surface area contributed by atoms with Crippen LogP contribution in [0.5, 0.6) is 5.88 Å². The molecule has 1 saturated carbocycles. The molecule has 2 unspecified atom stereocenters. The van der Waals surface area contributed by atoms with E-state index in [9.17, 15) is 9.59 Å². The molecule has 3 atom stereocenters. The summed E-state index contributed by atoms with van der Waals surface area (Å²) in [5, 5.41) is 4.50. The van der Waals surface area contributed by atoms with Crippen molar-refractivity contribution in [3.63, 3.8) is 0 Å². The van der Waals surface area contributed by atoms with Crippen molar-refractivity contribution in [2.75, 3.05) is 7.11 Å². The highest BCUT2D eigenvalue weighted by atomic mass is 16.6. The number of ether oxygens (including phenoxy) is 2. The third-order valence-electron chi connectivity index (χ3n) is 6.44. The first kappa shape index (κ1) is 16.5. The maximum Gasteiger partial charge on any atom is 0.347 e. The number of aromatic nitrogens is 4. The molecule has 0 radical (unpaired) electrons. The van der Waals surface area contributed by atoms with Crippen LogP contribution in [-0.2, 0) is 22.5 Å². The highest BCUT2D eigenvalue weighted by Crippen LogP contribution is 2.70. The molecule has 142 valence electrons. The lowest BCUT2D eigenvalue weighted by molar-refractivity contribution is -0.177. The van der Waals surface area contributed by atoms with Gasteiger partial charge in [-0.25, -0.2) is 19.3 Å². The number of esters is 1. The average molecular weight is 370 g/mol. The second kappa shape index (κ2) is 5.21. The predicted molar refractivity (Wildman–Crippen MR) is 94.4 cm³/mol. The smallest absolute Gasteiger partial charge is 0.347 e. The van der Waals surface area contributed by atoms with Gasteiger partial charge in [-0.3, -0.25) is 4.57 Å². The zero-order chi connectivity index (χ0) is 19.0. The molecule has 2 fully saturated rings. The summed E-state index contributed by atoms with van der Waals surface area (Å²) in [6, 6.07) is 3.06. The molecule has 5 rings (SSSR count). The van der Waals surface area contributed by atoms with E-state index in [0.29, 0.717) is 30.6 Å². The molecule has 8 nitrogen and oxygen atoms in total. The van der Waals surface area contributed by atoms with Crippen molar-refractivity contribution in [1.29, 1.82) is 0 Å². The number of carbonyl (C=O) groups is 1. The third-order valence-corrected chi connectivity index (χ3v) is 6.44. The van der Waals surface area contributed by atoms with Crippen LogP contribution in [0.3, 0.4) is 0 Å². The van der Waals surface area contributed by atoms with Crippen LogP contribution in [0.15, 0.2) is 23.1 Å². The van der Waals surface area contributed by atoms with Gasteiger partial charge in [0, 0.05) is 30.0 Å². The van der Waals surface area contributed by atoms with Gasteiger partial charge >= 0.3 is 11.7 Å². The van der Waals surface area contributed by atoms with Crippen LogP contribution < -0.4 is 10.4 Å². The van der Waals surface area contributed by atoms with Gasteiger partial charge < -0.3 is 9.47 Å². The van der Waals surface area contributed by atoms with Crippen molar-refractivity contribution in [2.45, 2.75) is 51.3 Å². The van der Waals surface area contributed by atoms with Crippen molar-refractivity contribution >= 4 is 5.97 Å². The Balaban J connectivity index is 1.51. The molecule has 2 aromatic rings. The van der Waals surface area contributed by atoms with Crippen molar-refractivity contribution in [1.82, 2.24) is 19.3 Å². The Hall–Kier alpha value is -2.64. The van der Waals surface area contributed by atoms with Crippen molar-refractivity contribution in [2.24, 2.45) is 11.3 Å². The quantitative estimate of drug-likeness (QED) is 0.758. The molecular weight excluding hydrogens is 348 g/mol. The van der Waals surface area contributed by atoms with Gasteiger partial charge in [0.05, 0.1) is 13.7 Å². The molecule has 0 aromatic carbocycles.